The van der Waals surface area contributed by atoms with E-state index in [4.69, 9.17) is 23.9 Å². The van der Waals surface area contributed by atoms with Crippen molar-refractivity contribution in [3.63, 3.8) is 0 Å². The van der Waals surface area contributed by atoms with E-state index in [1.165, 1.54) is 22.8 Å². The third-order valence-corrected chi connectivity index (χ3v) is 14.2. The van der Waals surface area contributed by atoms with Gasteiger partial charge in [0, 0.05) is 63.2 Å². The van der Waals surface area contributed by atoms with Crippen LogP contribution in [0.2, 0.25) is 0 Å². The Hall–Kier alpha value is -9.27. The van der Waals surface area contributed by atoms with E-state index in [2.05, 4.69) is 42.1 Å². The second kappa shape index (κ2) is 22.0. The molecule has 1 saturated carbocycles. The number of halogens is 2. The quantitative estimate of drug-likeness (QED) is 0.0834. The summed E-state index contributed by atoms with van der Waals surface area (Å²) in [6, 6.07) is 17.4. The maximum Gasteiger partial charge on any atom is 0.355 e. The van der Waals surface area contributed by atoms with Gasteiger partial charge < -0.3 is 44.4 Å². The number of piperazine rings is 1. The van der Waals surface area contributed by atoms with Gasteiger partial charge in [-0.3, -0.25) is 14.6 Å². The molecule has 1 atom stereocenters. The summed E-state index contributed by atoms with van der Waals surface area (Å²) in [4.78, 5) is 72.3. The number of rotatable bonds is 12. The van der Waals surface area contributed by atoms with Crippen molar-refractivity contribution < 1.29 is 37.4 Å². The van der Waals surface area contributed by atoms with Crippen LogP contribution in [0.5, 0.6) is 17.4 Å². The molecule has 11 rings (SSSR count). The van der Waals surface area contributed by atoms with Crippen LogP contribution in [0, 0.1) is 25.5 Å². The molecule has 2 amide bonds. The van der Waals surface area contributed by atoms with Crippen molar-refractivity contribution >= 4 is 62.4 Å². The van der Waals surface area contributed by atoms with E-state index >= 15 is 4.39 Å². The van der Waals surface area contributed by atoms with Crippen LogP contribution < -0.4 is 30.7 Å². The Morgan fingerprint density at radius 2 is 1.77 bits per heavy atom. The summed E-state index contributed by atoms with van der Waals surface area (Å²) in [7, 11) is 3.14. The monoisotopic (exact) mass is 1070 g/mol. The van der Waals surface area contributed by atoms with Crippen LogP contribution in [0.4, 0.5) is 26.2 Å². The largest absolute Gasteiger partial charge is 0.507 e. The highest BCUT2D eigenvalue weighted by molar-refractivity contribution is 6.00. The predicted octanol–water partition coefficient (Wildman–Crippen LogP) is 9.99. The fourth-order valence-corrected chi connectivity index (χ4v) is 10.3. The Kier molecular flexibility index (Phi) is 14.8. The van der Waals surface area contributed by atoms with Gasteiger partial charge in [0.15, 0.2) is 22.9 Å². The Morgan fingerprint density at radius 1 is 0.975 bits per heavy atom. The number of aromatic nitrogens is 8. The molecule has 6 aromatic heterocycles. The van der Waals surface area contributed by atoms with E-state index in [0.717, 1.165) is 65.4 Å². The molecule has 79 heavy (non-hydrogen) atoms. The number of aromatic amines is 1. The average Bonchev–Trinajstić information content (AvgIpc) is 4.33. The zero-order chi connectivity index (χ0) is 55.8. The topological polar surface area (TPSA) is 232 Å². The van der Waals surface area contributed by atoms with E-state index in [-0.39, 0.29) is 46.7 Å². The maximum atomic E-state index is 15.8. The lowest BCUT2D eigenvalue weighted by Gasteiger charge is -2.40. The SMILES string of the molecule is C=CC(=O)N1CCN(c2nc(=O)n(-c3c(C)ccnc3C(C)C)c3nc(-c4c(O)cccc4F)c(F)cc23)C(C)C1.CNC(=O)c1ccc(Nc2nc(OC3CCCC3)c3c(-c4ccc5nc(C)oc5c4)c[nH]c3n2)c(OC)c1. The van der Waals surface area contributed by atoms with Crippen molar-refractivity contribution in [2.75, 3.05) is 44.0 Å². The van der Waals surface area contributed by atoms with Crippen molar-refractivity contribution in [1.29, 1.82) is 0 Å². The molecule has 2 aliphatic rings. The first kappa shape index (κ1) is 53.1. The lowest BCUT2D eigenvalue weighted by molar-refractivity contribution is -0.126. The molecule has 406 valence electrons. The number of aromatic hydroxyl groups is 1. The number of amides is 2. The van der Waals surface area contributed by atoms with Gasteiger partial charge in [0.05, 0.1) is 40.5 Å². The Morgan fingerprint density at radius 3 is 2.49 bits per heavy atom. The van der Waals surface area contributed by atoms with Gasteiger partial charge in [-0.2, -0.15) is 15.0 Å². The molecule has 1 aliphatic heterocycles. The number of fused-ring (bicyclic) bond motifs is 3. The first-order valence-corrected chi connectivity index (χ1v) is 25.9. The predicted molar refractivity (Wildman–Crippen MR) is 297 cm³/mol. The van der Waals surface area contributed by atoms with Crippen LogP contribution in [0.3, 0.4) is 0 Å². The van der Waals surface area contributed by atoms with E-state index in [9.17, 15) is 23.9 Å². The summed E-state index contributed by atoms with van der Waals surface area (Å²) in [6.45, 7) is 14.0. The van der Waals surface area contributed by atoms with Gasteiger partial charge in [0.1, 0.15) is 46.1 Å². The maximum absolute atomic E-state index is 15.8. The number of nitrogens with zero attached hydrogens (tertiary/aromatic N) is 9. The first-order valence-electron chi connectivity index (χ1n) is 25.9. The molecule has 0 bridgehead atoms. The van der Waals surface area contributed by atoms with Gasteiger partial charge in [0.25, 0.3) is 5.91 Å². The minimum atomic E-state index is -0.897. The summed E-state index contributed by atoms with van der Waals surface area (Å²) in [6.07, 6.45) is 9.17. The Balaban J connectivity index is 0.000000179. The van der Waals surface area contributed by atoms with Gasteiger partial charge in [-0.05, 0) is 117 Å². The molecule has 0 radical (unpaired) electrons. The lowest BCUT2D eigenvalue weighted by atomic mass is 10.0. The van der Waals surface area contributed by atoms with Crippen molar-refractivity contribution in [1.82, 2.24) is 49.7 Å². The number of pyridine rings is 2. The number of methoxy groups -OCH3 is 1. The van der Waals surface area contributed by atoms with Crippen LogP contribution in [-0.4, -0.2) is 107 Å². The Labute approximate surface area is 452 Å². The molecular weight excluding hydrogens is 1010 g/mol. The summed E-state index contributed by atoms with van der Waals surface area (Å²) < 4.78 is 49.7. The number of nitrogens with one attached hydrogen (secondary N) is 3. The number of carbonyl (C=O) groups excluding carboxylic acids is 2. The van der Waals surface area contributed by atoms with Crippen LogP contribution >= 0.6 is 0 Å². The number of H-pyrrole nitrogens is 1. The molecule has 7 heterocycles. The number of carbonyl (C=O) groups is 2. The normalized spacial score (nSPS) is 14.7. The fourth-order valence-electron chi connectivity index (χ4n) is 10.3. The summed E-state index contributed by atoms with van der Waals surface area (Å²) >= 11 is 0. The molecule has 1 unspecified atom stereocenters. The number of phenols is 1. The van der Waals surface area contributed by atoms with Crippen LogP contribution in [-0.2, 0) is 4.79 Å². The van der Waals surface area contributed by atoms with Crippen molar-refractivity contribution in [3.8, 4) is 45.5 Å². The number of oxazole rings is 1. The highest BCUT2D eigenvalue weighted by atomic mass is 19.1. The fraction of sp³-hybridized carbons (Fsp3) is 0.293. The average molecular weight is 1070 g/mol. The molecule has 2 fully saturated rings. The molecule has 19 nitrogen and oxygen atoms in total. The third kappa shape index (κ3) is 10.4. The number of aryl methyl sites for hydroxylation is 2. The second-order valence-electron chi connectivity index (χ2n) is 19.8. The van der Waals surface area contributed by atoms with Gasteiger partial charge in [-0.1, -0.05) is 32.6 Å². The van der Waals surface area contributed by atoms with Crippen molar-refractivity contribution in [2.24, 2.45) is 0 Å². The van der Waals surface area contributed by atoms with E-state index in [0.29, 0.717) is 76.9 Å². The molecule has 3 aromatic carbocycles. The van der Waals surface area contributed by atoms with Crippen LogP contribution in [0.1, 0.15) is 79.9 Å². The number of ether oxygens (including phenoxy) is 2. The first-order chi connectivity index (χ1) is 38.0. The van der Waals surface area contributed by atoms with Gasteiger partial charge in [0.2, 0.25) is 17.7 Å². The summed E-state index contributed by atoms with van der Waals surface area (Å²) in [5.74, 6) is -0.562. The standard InChI is InChI=1S/C30H30F2N6O3.C28H28N6O4/c1-6-23(40)36-12-13-37(18(5)15-36)28-19-14-21(32)26(24-20(31)8-7-9-22(24)39)34-29(19)38(30(41)35-28)27-17(4)10-11-33-25(27)16(2)3;1-15-31-21-10-8-16(12-23(21)37-15)19-14-30-25-24(19)27(38-18-6-4-5-7-18)34-28(33-25)32-20-11-9-17(26(35)29-2)13-22(20)36-3/h6-11,14,16,18,39H,1,12-13,15H2,2-5H3;8-14,18H,4-7H2,1-3H3,(H,29,35)(H2,30,32,33,34). The number of phenolic OH excluding ortho intramolecular Hbond substituents is 1. The smallest absolute Gasteiger partial charge is 0.355 e. The van der Waals surface area contributed by atoms with Crippen molar-refractivity contribution in [2.45, 2.75) is 78.4 Å². The molecule has 1 saturated heterocycles. The van der Waals surface area contributed by atoms with Crippen LogP contribution in [0.25, 0.3) is 61.2 Å². The number of hydrogen-bond donors (Lipinski definition) is 4. The number of benzene rings is 3. The van der Waals surface area contributed by atoms with Gasteiger partial charge in [-0.15, -0.1) is 0 Å². The Bertz CT molecular complexity index is 3890. The number of anilines is 3. The summed E-state index contributed by atoms with van der Waals surface area (Å²) in [5, 5.41) is 17.3. The van der Waals surface area contributed by atoms with E-state index in [1.807, 2.05) is 63.9 Å². The molecule has 9 aromatic rings. The van der Waals surface area contributed by atoms with Crippen molar-refractivity contribution in [3.05, 3.63) is 137 Å². The minimum Gasteiger partial charge on any atom is -0.507 e. The molecule has 4 N–H and O–H groups in total. The second-order valence-corrected chi connectivity index (χ2v) is 19.8. The highest BCUT2D eigenvalue weighted by Crippen LogP contribution is 2.40. The molecular formula is C58H58F2N12O7. The molecule has 0 spiro atoms. The van der Waals surface area contributed by atoms with Gasteiger partial charge in [-0.25, -0.2) is 28.1 Å². The zero-order valence-electron chi connectivity index (χ0n) is 44.6. The molecule has 21 heteroatoms. The minimum absolute atomic E-state index is 0.0360. The third-order valence-electron chi connectivity index (χ3n) is 14.2. The lowest BCUT2D eigenvalue weighted by Crippen LogP contribution is -2.54. The highest BCUT2D eigenvalue weighted by Gasteiger charge is 2.32. The van der Waals surface area contributed by atoms with E-state index < -0.39 is 34.3 Å². The zero-order valence-corrected chi connectivity index (χ0v) is 44.6. The van der Waals surface area contributed by atoms with Crippen LogP contribution in [0.15, 0.2) is 101 Å². The molecule has 1 aliphatic carbocycles. The summed E-state index contributed by atoms with van der Waals surface area (Å²) in [5.41, 5.74) is 5.44. The van der Waals surface area contributed by atoms with E-state index in [1.54, 1.807) is 49.5 Å². The van der Waals surface area contributed by atoms with Gasteiger partial charge >= 0.3 is 5.69 Å². The number of hydrogen-bond acceptors (Lipinski definition) is 15.